The van der Waals surface area contributed by atoms with Crippen LogP contribution in [0.4, 0.5) is 0 Å². The first-order valence-corrected chi connectivity index (χ1v) is 16.6. The van der Waals surface area contributed by atoms with Crippen molar-refractivity contribution in [3.05, 3.63) is 175 Å². The number of rotatable bonds is 5. The number of nitrogens with zero attached hydrogens (tertiary/aromatic N) is 3. The van der Waals surface area contributed by atoms with Crippen molar-refractivity contribution in [1.29, 1.82) is 0 Å². The minimum Gasteiger partial charge on any atom is -0.208 e. The molecule has 0 aliphatic carbocycles. The fourth-order valence-corrected chi connectivity index (χ4v) is 6.86. The smallest absolute Gasteiger partial charge is 0.164 e. The normalized spacial score (nSPS) is 11.4. The van der Waals surface area contributed by atoms with Crippen LogP contribution in [0.5, 0.6) is 0 Å². The predicted octanol–water partition coefficient (Wildman–Crippen LogP) is 12.0. The van der Waals surface area contributed by atoms with E-state index in [0.29, 0.717) is 17.5 Å². The SMILES string of the molecule is Cc1ccc(-c2cccc(-c3nc(-c4cccc(-c5ccccc5)c4)nc(-c4ccc5c6ccccc6c6ccccc6c5c4)n3)c2)cc1. The number of benzene rings is 8. The molecule has 0 amide bonds. The predicted molar refractivity (Wildman–Crippen MR) is 204 cm³/mol. The highest BCUT2D eigenvalue weighted by atomic mass is 15.0. The lowest BCUT2D eigenvalue weighted by Gasteiger charge is -2.13. The molecule has 0 saturated heterocycles. The van der Waals surface area contributed by atoms with Crippen molar-refractivity contribution in [3.8, 4) is 56.4 Å². The first-order valence-electron chi connectivity index (χ1n) is 16.6. The van der Waals surface area contributed by atoms with E-state index in [2.05, 4.69) is 171 Å². The van der Waals surface area contributed by atoms with Gasteiger partial charge >= 0.3 is 0 Å². The second kappa shape index (κ2) is 12.0. The van der Waals surface area contributed by atoms with Crippen molar-refractivity contribution < 1.29 is 0 Å². The molecule has 0 N–H and O–H groups in total. The second-order valence-corrected chi connectivity index (χ2v) is 12.6. The lowest BCUT2D eigenvalue weighted by Crippen LogP contribution is -2.00. The largest absolute Gasteiger partial charge is 0.208 e. The van der Waals surface area contributed by atoms with Gasteiger partial charge < -0.3 is 0 Å². The molecule has 49 heavy (non-hydrogen) atoms. The zero-order chi connectivity index (χ0) is 32.7. The molecule has 0 unspecified atom stereocenters. The summed E-state index contributed by atoms with van der Waals surface area (Å²) in [5.74, 6) is 1.93. The molecule has 0 bridgehead atoms. The topological polar surface area (TPSA) is 38.7 Å². The lowest BCUT2D eigenvalue weighted by atomic mass is 9.93. The van der Waals surface area contributed by atoms with Crippen molar-refractivity contribution in [3.63, 3.8) is 0 Å². The highest BCUT2D eigenvalue weighted by molar-refractivity contribution is 6.25. The third-order valence-electron chi connectivity index (χ3n) is 9.37. The van der Waals surface area contributed by atoms with Gasteiger partial charge in [-0.2, -0.15) is 0 Å². The summed E-state index contributed by atoms with van der Waals surface area (Å²) in [6.45, 7) is 2.11. The van der Waals surface area contributed by atoms with Gasteiger partial charge in [-0.3, -0.25) is 0 Å². The van der Waals surface area contributed by atoms with Gasteiger partial charge in [0.1, 0.15) is 0 Å². The third-order valence-corrected chi connectivity index (χ3v) is 9.37. The monoisotopic (exact) mass is 625 g/mol. The van der Waals surface area contributed by atoms with Crippen LogP contribution in [0.1, 0.15) is 5.56 Å². The van der Waals surface area contributed by atoms with Gasteiger partial charge in [-0.1, -0.05) is 157 Å². The maximum atomic E-state index is 5.16. The highest BCUT2D eigenvalue weighted by Gasteiger charge is 2.16. The Labute approximate surface area is 285 Å². The molecule has 0 fully saturated rings. The lowest BCUT2D eigenvalue weighted by molar-refractivity contribution is 1.07. The summed E-state index contributed by atoms with van der Waals surface area (Å²) in [5, 5.41) is 7.36. The van der Waals surface area contributed by atoms with Crippen LogP contribution in [-0.2, 0) is 0 Å². The molecule has 9 rings (SSSR count). The Morgan fingerprint density at radius 1 is 0.265 bits per heavy atom. The maximum Gasteiger partial charge on any atom is 0.164 e. The van der Waals surface area contributed by atoms with Crippen molar-refractivity contribution >= 4 is 32.3 Å². The summed E-state index contributed by atoms with van der Waals surface area (Å²) in [6, 6.07) is 59.9. The Bertz CT molecular complexity index is 2620. The van der Waals surface area contributed by atoms with Gasteiger partial charge in [0.2, 0.25) is 0 Å². The van der Waals surface area contributed by atoms with Crippen molar-refractivity contribution in [2.45, 2.75) is 6.92 Å². The molecule has 0 aliphatic rings. The molecule has 0 radical (unpaired) electrons. The molecule has 8 aromatic carbocycles. The van der Waals surface area contributed by atoms with Crippen LogP contribution in [0, 0.1) is 6.92 Å². The van der Waals surface area contributed by atoms with E-state index < -0.39 is 0 Å². The van der Waals surface area contributed by atoms with Crippen molar-refractivity contribution in [1.82, 2.24) is 15.0 Å². The van der Waals surface area contributed by atoms with Gasteiger partial charge in [0.25, 0.3) is 0 Å². The zero-order valence-electron chi connectivity index (χ0n) is 27.0. The molecule has 1 aromatic heterocycles. The van der Waals surface area contributed by atoms with Gasteiger partial charge in [0.15, 0.2) is 17.5 Å². The fourth-order valence-electron chi connectivity index (χ4n) is 6.86. The Morgan fingerprint density at radius 2 is 0.633 bits per heavy atom. The van der Waals surface area contributed by atoms with E-state index in [9.17, 15) is 0 Å². The van der Waals surface area contributed by atoms with Crippen LogP contribution in [0.2, 0.25) is 0 Å². The summed E-state index contributed by atoms with van der Waals surface area (Å²) in [7, 11) is 0. The number of hydrogen-bond donors (Lipinski definition) is 0. The molecule has 0 aliphatic heterocycles. The molecular weight excluding hydrogens is 595 g/mol. The summed E-state index contributed by atoms with van der Waals surface area (Å²) in [4.78, 5) is 15.4. The standard InChI is InChI=1S/C46H31N3/c1-30-21-23-32(24-22-30)34-14-10-16-36(28-34)45-47-44(35-15-9-13-33(27-35)31-11-3-2-4-12-31)48-46(49-45)37-25-26-42-40-19-6-5-17-38(40)39-18-7-8-20-41(39)43(42)29-37/h2-29H,1H3. The second-order valence-electron chi connectivity index (χ2n) is 12.6. The number of aromatic nitrogens is 3. The minimum atomic E-state index is 0.641. The van der Waals surface area contributed by atoms with Crippen LogP contribution in [0.25, 0.3) is 88.7 Å². The van der Waals surface area contributed by atoms with Crippen LogP contribution in [0.15, 0.2) is 170 Å². The third kappa shape index (κ3) is 5.32. The zero-order valence-corrected chi connectivity index (χ0v) is 27.0. The number of hydrogen-bond acceptors (Lipinski definition) is 3. The molecule has 230 valence electrons. The molecule has 3 nitrogen and oxygen atoms in total. The van der Waals surface area contributed by atoms with Crippen LogP contribution < -0.4 is 0 Å². The Balaban J connectivity index is 1.25. The summed E-state index contributed by atoms with van der Waals surface area (Å²) in [5.41, 5.74) is 8.62. The van der Waals surface area contributed by atoms with E-state index in [-0.39, 0.29) is 0 Å². The van der Waals surface area contributed by atoms with E-state index in [1.165, 1.54) is 37.9 Å². The van der Waals surface area contributed by atoms with E-state index in [4.69, 9.17) is 15.0 Å². The molecule has 9 aromatic rings. The molecule has 0 spiro atoms. The van der Waals surface area contributed by atoms with Crippen LogP contribution >= 0.6 is 0 Å². The molecular formula is C46H31N3. The fraction of sp³-hybridized carbons (Fsp3) is 0.0217. The first kappa shape index (κ1) is 28.7. The Hall–Kier alpha value is -6.45. The first-order chi connectivity index (χ1) is 24.2. The van der Waals surface area contributed by atoms with Gasteiger partial charge in [-0.05, 0) is 79.7 Å². The van der Waals surface area contributed by atoms with Crippen molar-refractivity contribution in [2.24, 2.45) is 0 Å². The van der Waals surface area contributed by atoms with Gasteiger partial charge in [0, 0.05) is 16.7 Å². The number of fused-ring (bicyclic) bond motifs is 6. The van der Waals surface area contributed by atoms with E-state index in [1.807, 2.05) is 6.07 Å². The number of aryl methyl sites for hydroxylation is 1. The maximum absolute atomic E-state index is 5.16. The summed E-state index contributed by atoms with van der Waals surface area (Å²) >= 11 is 0. The Kier molecular flexibility index (Phi) is 7.02. The van der Waals surface area contributed by atoms with E-state index >= 15 is 0 Å². The van der Waals surface area contributed by atoms with Crippen molar-refractivity contribution in [2.75, 3.05) is 0 Å². The molecule has 1 heterocycles. The van der Waals surface area contributed by atoms with E-state index in [0.717, 1.165) is 38.9 Å². The van der Waals surface area contributed by atoms with Crippen LogP contribution in [0.3, 0.4) is 0 Å². The van der Waals surface area contributed by atoms with Gasteiger partial charge in [0.05, 0.1) is 0 Å². The summed E-state index contributed by atoms with van der Waals surface area (Å²) in [6.07, 6.45) is 0. The van der Waals surface area contributed by atoms with E-state index in [1.54, 1.807) is 0 Å². The molecule has 3 heteroatoms. The average Bonchev–Trinajstić information content (AvgIpc) is 3.18. The van der Waals surface area contributed by atoms with Crippen LogP contribution in [-0.4, -0.2) is 15.0 Å². The minimum absolute atomic E-state index is 0.641. The average molecular weight is 626 g/mol. The quantitative estimate of drug-likeness (QED) is 0.179. The molecule has 0 saturated carbocycles. The molecule has 0 atom stereocenters. The highest BCUT2D eigenvalue weighted by Crippen LogP contribution is 2.37. The van der Waals surface area contributed by atoms with Gasteiger partial charge in [-0.25, -0.2) is 15.0 Å². The van der Waals surface area contributed by atoms with Gasteiger partial charge in [-0.15, -0.1) is 0 Å². The Morgan fingerprint density at radius 3 is 1.16 bits per heavy atom. The summed E-state index contributed by atoms with van der Waals surface area (Å²) < 4.78 is 0.